The van der Waals surface area contributed by atoms with Crippen molar-refractivity contribution >= 4 is 47.6 Å². The summed E-state index contributed by atoms with van der Waals surface area (Å²) in [7, 11) is 0. The van der Waals surface area contributed by atoms with E-state index in [2.05, 4.69) is 41.8 Å². The Hall–Kier alpha value is -3.69. The second-order valence-electron chi connectivity index (χ2n) is 12.8. The summed E-state index contributed by atoms with van der Waals surface area (Å²) >= 11 is 0. The summed E-state index contributed by atoms with van der Waals surface area (Å²) in [4.78, 5) is 31.3. The molecule has 10 heteroatoms. The maximum absolute atomic E-state index is 14.8. The minimum absolute atomic E-state index is 0. The molecular weight excluding hydrogens is 647 g/mol. The van der Waals surface area contributed by atoms with Crippen LogP contribution in [0.4, 0.5) is 0 Å². The molecule has 256 valence electrons. The Balaban J connectivity index is 0.00000260. The van der Waals surface area contributed by atoms with E-state index in [0.717, 1.165) is 84.2 Å². The summed E-state index contributed by atoms with van der Waals surface area (Å²) < 4.78 is 6.54. The second-order valence-corrected chi connectivity index (χ2v) is 12.8. The number of nitrogens with zero attached hydrogens (tertiary/aromatic N) is 2. The van der Waals surface area contributed by atoms with Crippen molar-refractivity contribution in [3.63, 3.8) is 0 Å². The smallest absolute Gasteiger partial charge is 0.341 e. The number of carbonyl (C=O) groups excluding carboxylic acids is 1. The Bertz CT molecular complexity index is 1660. The number of pyridine rings is 1. The van der Waals surface area contributed by atoms with E-state index < -0.39 is 12.6 Å². The zero-order valence-electron chi connectivity index (χ0n) is 27.5. The lowest BCUT2D eigenvalue weighted by Crippen LogP contribution is -2.60. The first-order valence-electron chi connectivity index (χ1n) is 16.8. The van der Waals surface area contributed by atoms with E-state index in [1.807, 2.05) is 42.5 Å². The number of aliphatic carboxylic acids is 1. The lowest BCUT2D eigenvalue weighted by Gasteiger charge is -2.49. The number of carbonyl (C=O) groups is 2. The first-order valence-corrected chi connectivity index (χ1v) is 16.8. The molecule has 1 amide bonds. The third-order valence-corrected chi connectivity index (χ3v) is 9.87. The molecule has 48 heavy (non-hydrogen) atoms. The average Bonchev–Trinajstić information content (AvgIpc) is 3.10. The Kier molecular flexibility index (Phi) is 13.2. The van der Waals surface area contributed by atoms with Crippen molar-refractivity contribution in [3.05, 3.63) is 95.6 Å². The summed E-state index contributed by atoms with van der Waals surface area (Å²) in [5.74, 6) is -0.756. The van der Waals surface area contributed by atoms with Gasteiger partial charge in [-0.15, -0.1) is 24.8 Å². The van der Waals surface area contributed by atoms with Gasteiger partial charge in [-0.05, 0) is 43.4 Å². The van der Waals surface area contributed by atoms with Gasteiger partial charge in [-0.1, -0.05) is 67.6 Å². The Morgan fingerprint density at radius 3 is 2.27 bits per heavy atom. The topological polar surface area (TPSA) is 101 Å². The van der Waals surface area contributed by atoms with Crippen molar-refractivity contribution in [1.29, 1.82) is 0 Å². The van der Waals surface area contributed by atoms with Crippen LogP contribution in [0.1, 0.15) is 73.0 Å². The molecule has 3 heterocycles. The van der Waals surface area contributed by atoms with Gasteiger partial charge in [0.25, 0.3) is 5.91 Å². The molecule has 0 spiro atoms. The van der Waals surface area contributed by atoms with Gasteiger partial charge in [0.05, 0.1) is 41.9 Å². The van der Waals surface area contributed by atoms with Crippen LogP contribution in [-0.2, 0) is 11.3 Å². The van der Waals surface area contributed by atoms with Gasteiger partial charge in [0, 0.05) is 48.5 Å². The van der Waals surface area contributed by atoms with Crippen LogP contribution in [0.3, 0.4) is 0 Å². The standard InChI is InChI=1S/C38H44N4O4.2ClH/c1-2-33(27-12-6-3-7-13-27)41-38(45)36-31-17-16-30(46-26-35(43)44)24-34(31)40-37(28-14-8-4-9-15-28)32(36)25-42(22-10-5-11-23-42)29-18-20-39-21-19-29;;/h3-4,6-9,12-17,24,29,33,39H,2,5,10-11,18-23,25-26H2,1H3,(H-,41,43,44,45);2*1H/p+1/t33-;;/m0../s1. The summed E-state index contributed by atoms with van der Waals surface area (Å²) in [6.07, 6.45) is 6.61. The molecule has 0 unspecified atom stereocenters. The van der Waals surface area contributed by atoms with Crippen LogP contribution in [0, 0.1) is 0 Å². The van der Waals surface area contributed by atoms with Gasteiger partial charge in [0.15, 0.2) is 6.61 Å². The van der Waals surface area contributed by atoms with E-state index in [-0.39, 0.29) is 36.8 Å². The summed E-state index contributed by atoms with van der Waals surface area (Å²) in [6, 6.07) is 26.0. The third kappa shape index (κ3) is 8.29. The molecule has 2 fully saturated rings. The fourth-order valence-electron chi connectivity index (χ4n) is 7.57. The first kappa shape index (κ1) is 37.1. The zero-order chi connectivity index (χ0) is 31.9. The number of likely N-dealkylation sites (tertiary alicyclic amines) is 1. The molecular formula is C38H47Cl2N4O4+. The van der Waals surface area contributed by atoms with E-state index in [1.165, 1.54) is 19.3 Å². The molecule has 1 atom stereocenters. The van der Waals surface area contributed by atoms with Gasteiger partial charge in [-0.2, -0.15) is 0 Å². The molecule has 3 N–H and O–H groups in total. The highest BCUT2D eigenvalue weighted by atomic mass is 35.5. The molecule has 0 aliphatic carbocycles. The largest absolute Gasteiger partial charge is 0.482 e. The highest BCUT2D eigenvalue weighted by Gasteiger charge is 2.41. The highest BCUT2D eigenvalue weighted by Crippen LogP contribution is 2.38. The number of hydrogen-bond donors (Lipinski definition) is 3. The van der Waals surface area contributed by atoms with Crippen LogP contribution < -0.4 is 15.4 Å². The van der Waals surface area contributed by atoms with Gasteiger partial charge in [-0.3, -0.25) is 4.79 Å². The van der Waals surface area contributed by atoms with Crippen LogP contribution in [0.15, 0.2) is 78.9 Å². The van der Waals surface area contributed by atoms with Gasteiger partial charge < -0.3 is 25.0 Å². The van der Waals surface area contributed by atoms with E-state index >= 15 is 0 Å². The number of benzene rings is 3. The number of quaternary nitrogens is 1. The van der Waals surface area contributed by atoms with E-state index in [0.29, 0.717) is 22.9 Å². The number of fused-ring (bicyclic) bond motifs is 1. The minimum atomic E-state index is -1.05. The van der Waals surface area contributed by atoms with Crippen molar-refractivity contribution in [3.8, 4) is 17.0 Å². The molecule has 2 aliphatic heterocycles. The number of ether oxygens (including phenoxy) is 1. The van der Waals surface area contributed by atoms with Crippen LogP contribution in [-0.4, -0.2) is 65.3 Å². The maximum Gasteiger partial charge on any atom is 0.341 e. The molecule has 1 aromatic heterocycles. The SMILES string of the molecule is CC[C@H](NC(=O)c1c(C[N+]2(C3CCNCC3)CCCCC2)c(-c2ccccc2)nc2cc(OCC(=O)O)ccc12)c1ccccc1.Cl.Cl. The molecule has 8 nitrogen and oxygen atoms in total. The van der Waals surface area contributed by atoms with Crippen molar-refractivity contribution in [2.24, 2.45) is 0 Å². The van der Waals surface area contributed by atoms with E-state index in [4.69, 9.17) is 9.72 Å². The number of carboxylic acid groups (broad SMARTS) is 1. The molecule has 6 rings (SSSR count). The van der Waals surface area contributed by atoms with Crippen molar-refractivity contribution < 1.29 is 23.9 Å². The molecule has 2 aliphatic rings. The van der Waals surface area contributed by atoms with Gasteiger partial charge >= 0.3 is 5.97 Å². The minimum Gasteiger partial charge on any atom is -0.482 e. The number of halogens is 2. The van der Waals surface area contributed by atoms with Crippen LogP contribution in [0.2, 0.25) is 0 Å². The monoisotopic (exact) mass is 693 g/mol. The third-order valence-electron chi connectivity index (χ3n) is 9.87. The predicted octanol–water partition coefficient (Wildman–Crippen LogP) is 7.34. The highest BCUT2D eigenvalue weighted by molar-refractivity contribution is 6.09. The molecule has 2 saturated heterocycles. The van der Waals surface area contributed by atoms with Crippen molar-refractivity contribution in [2.45, 2.75) is 64.1 Å². The molecule has 3 aromatic carbocycles. The number of hydrogen-bond acceptors (Lipinski definition) is 5. The molecule has 0 saturated carbocycles. The molecule has 4 aromatic rings. The van der Waals surface area contributed by atoms with Crippen LogP contribution >= 0.6 is 24.8 Å². The fraction of sp³-hybridized carbons (Fsp3) is 0.395. The van der Waals surface area contributed by atoms with Crippen molar-refractivity contribution in [2.75, 3.05) is 32.8 Å². The van der Waals surface area contributed by atoms with Crippen molar-refractivity contribution in [1.82, 2.24) is 15.6 Å². The number of amides is 1. The first-order chi connectivity index (χ1) is 22.5. The number of piperidine rings is 2. The Morgan fingerprint density at radius 1 is 0.958 bits per heavy atom. The number of nitrogens with one attached hydrogen (secondary N) is 2. The summed E-state index contributed by atoms with van der Waals surface area (Å²) in [5, 5.41) is 16.9. The van der Waals surface area contributed by atoms with Gasteiger partial charge in [-0.25, -0.2) is 9.78 Å². The normalized spacial score (nSPS) is 16.6. The quantitative estimate of drug-likeness (QED) is 0.142. The molecule has 0 radical (unpaired) electrons. The van der Waals surface area contributed by atoms with Crippen LogP contribution in [0.5, 0.6) is 5.75 Å². The number of rotatable bonds is 11. The Labute approximate surface area is 295 Å². The maximum atomic E-state index is 14.8. The van der Waals surface area contributed by atoms with E-state index in [1.54, 1.807) is 12.1 Å². The number of aromatic nitrogens is 1. The lowest BCUT2D eigenvalue weighted by molar-refractivity contribution is -0.968. The molecule has 0 bridgehead atoms. The predicted molar refractivity (Wildman–Crippen MR) is 195 cm³/mol. The van der Waals surface area contributed by atoms with E-state index in [9.17, 15) is 14.7 Å². The van der Waals surface area contributed by atoms with Gasteiger partial charge in [0.1, 0.15) is 12.3 Å². The average molecular weight is 695 g/mol. The second kappa shape index (κ2) is 17.1. The summed E-state index contributed by atoms with van der Waals surface area (Å²) in [6.45, 7) is 6.62. The lowest BCUT2D eigenvalue weighted by atomic mass is 9.90. The number of carboxylic acids is 1. The zero-order valence-corrected chi connectivity index (χ0v) is 29.2. The van der Waals surface area contributed by atoms with Gasteiger partial charge in [0.2, 0.25) is 0 Å². The van der Waals surface area contributed by atoms with Crippen LogP contribution in [0.25, 0.3) is 22.2 Å². The summed E-state index contributed by atoms with van der Waals surface area (Å²) in [5.41, 5.74) is 5.08. The Morgan fingerprint density at radius 2 is 1.62 bits per heavy atom. The fourth-order valence-corrected chi connectivity index (χ4v) is 7.57.